The molecule has 2 rings (SSSR count). The molecule has 1 aromatic carbocycles. The molecule has 0 amide bonds. The van der Waals surface area contributed by atoms with Crippen LogP contribution in [-0.4, -0.2) is 40.9 Å². The maximum Gasteiger partial charge on any atom is 0.191 e. The summed E-state index contributed by atoms with van der Waals surface area (Å²) < 4.78 is 7.73. The number of aliphatic imine (C=N–C) groups is 1. The van der Waals surface area contributed by atoms with E-state index in [2.05, 4.69) is 58.7 Å². The van der Waals surface area contributed by atoms with Gasteiger partial charge in [0, 0.05) is 20.1 Å². The zero-order chi connectivity index (χ0) is 19.5. The van der Waals surface area contributed by atoms with E-state index < -0.39 is 0 Å². The molecule has 2 N–H and O–H groups in total. The van der Waals surface area contributed by atoms with Crippen molar-refractivity contribution in [1.29, 1.82) is 0 Å². The number of nitrogens with one attached hydrogen (secondary N) is 2. The van der Waals surface area contributed by atoms with Gasteiger partial charge in [-0.1, -0.05) is 26.0 Å². The van der Waals surface area contributed by atoms with Gasteiger partial charge in [0.15, 0.2) is 5.96 Å². The standard InChI is InChI=1S/C20H32N6O.HI/c1-16(2)13-27-19-9-7-18(8-10-19)17(3)25-20(21-4)22-11-5-6-12-26-14-23-24-15-26;/h7-10,14-17H,5-6,11-13H2,1-4H3,(H2,21,22,25);1H. The summed E-state index contributed by atoms with van der Waals surface area (Å²) in [4.78, 5) is 4.31. The Morgan fingerprint density at radius 3 is 2.39 bits per heavy atom. The molecule has 7 nitrogen and oxygen atoms in total. The Labute approximate surface area is 185 Å². The van der Waals surface area contributed by atoms with E-state index in [1.807, 2.05) is 16.7 Å². The van der Waals surface area contributed by atoms with Gasteiger partial charge in [-0.25, -0.2) is 0 Å². The molecule has 1 atom stereocenters. The van der Waals surface area contributed by atoms with Gasteiger partial charge in [0.05, 0.1) is 12.6 Å². The van der Waals surface area contributed by atoms with Crippen LogP contribution in [0, 0.1) is 5.92 Å². The van der Waals surface area contributed by atoms with Crippen molar-refractivity contribution < 1.29 is 4.74 Å². The van der Waals surface area contributed by atoms with Crippen molar-refractivity contribution in [3.05, 3.63) is 42.5 Å². The molecule has 0 radical (unpaired) electrons. The first kappa shape index (κ1) is 24.2. The van der Waals surface area contributed by atoms with Gasteiger partial charge in [0.25, 0.3) is 0 Å². The molecule has 0 saturated heterocycles. The molecule has 8 heteroatoms. The van der Waals surface area contributed by atoms with Crippen LogP contribution in [0.4, 0.5) is 0 Å². The highest BCUT2D eigenvalue weighted by Gasteiger charge is 2.08. The number of nitrogens with zero attached hydrogens (tertiary/aromatic N) is 4. The average molecular weight is 500 g/mol. The fourth-order valence-corrected chi connectivity index (χ4v) is 2.56. The molecule has 0 aliphatic heterocycles. The van der Waals surface area contributed by atoms with E-state index in [1.54, 1.807) is 19.7 Å². The maximum atomic E-state index is 5.74. The highest BCUT2D eigenvalue weighted by Crippen LogP contribution is 2.18. The lowest BCUT2D eigenvalue weighted by atomic mass is 10.1. The summed E-state index contributed by atoms with van der Waals surface area (Å²) in [5, 5.41) is 14.4. The monoisotopic (exact) mass is 500 g/mol. The number of guanidine groups is 1. The maximum absolute atomic E-state index is 5.74. The molecule has 0 bridgehead atoms. The van der Waals surface area contributed by atoms with Gasteiger partial charge in [-0.2, -0.15) is 0 Å². The van der Waals surface area contributed by atoms with Crippen LogP contribution in [0.5, 0.6) is 5.75 Å². The van der Waals surface area contributed by atoms with Crippen molar-refractivity contribution in [2.45, 2.75) is 46.2 Å². The highest BCUT2D eigenvalue weighted by molar-refractivity contribution is 14.0. The van der Waals surface area contributed by atoms with E-state index in [0.29, 0.717) is 5.92 Å². The van der Waals surface area contributed by atoms with Gasteiger partial charge in [-0.05, 0) is 43.4 Å². The van der Waals surface area contributed by atoms with E-state index in [9.17, 15) is 0 Å². The fourth-order valence-electron chi connectivity index (χ4n) is 2.56. The SMILES string of the molecule is CN=C(NCCCCn1cnnc1)NC(C)c1ccc(OCC(C)C)cc1.I. The first-order chi connectivity index (χ1) is 13.1. The normalized spacial score (nSPS) is 12.4. The van der Waals surface area contributed by atoms with E-state index in [-0.39, 0.29) is 30.0 Å². The number of benzene rings is 1. The smallest absolute Gasteiger partial charge is 0.191 e. The van der Waals surface area contributed by atoms with E-state index in [0.717, 1.165) is 44.2 Å². The number of aromatic nitrogens is 3. The number of ether oxygens (including phenoxy) is 1. The summed E-state index contributed by atoms with van der Waals surface area (Å²) in [7, 11) is 1.79. The molecular weight excluding hydrogens is 467 g/mol. The van der Waals surface area contributed by atoms with Crippen LogP contribution in [0.15, 0.2) is 41.9 Å². The van der Waals surface area contributed by atoms with Crippen LogP contribution in [0.1, 0.15) is 45.2 Å². The predicted octanol–water partition coefficient (Wildman–Crippen LogP) is 3.64. The molecular formula is C20H33IN6O. The lowest BCUT2D eigenvalue weighted by Crippen LogP contribution is -2.39. The number of aryl methyl sites for hydroxylation is 1. The number of rotatable bonds is 10. The second-order valence-corrected chi connectivity index (χ2v) is 7.05. The van der Waals surface area contributed by atoms with Crippen molar-refractivity contribution in [3.63, 3.8) is 0 Å². The molecule has 0 saturated carbocycles. The van der Waals surface area contributed by atoms with Crippen molar-refractivity contribution in [2.75, 3.05) is 20.2 Å². The third kappa shape index (κ3) is 8.90. The molecule has 1 aromatic heterocycles. The van der Waals surface area contributed by atoms with Crippen molar-refractivity contribution in [1.82, 2.24) is 25.4 Å². The Hall–Kier alpha value is -1.84. The van der Waals surface area contributed by atoms with Crippen molar-refractivity contribution in [2.24, 2.45) is 10.9 Å². The number of hydrogen-bond donors (Lipinski definition) is 2. The third-order valence-corrected chi connectivity index (χ3v) is 4.14. The van der Waals surface area contributed by atoms with Crippen LogP contribution < -0.4 is 15.4 Å². The first-order valence-electron chi connectivity index (χ1n) is 9.61. The minimum absolute atomic E-state index is 0. The lowest BCUT2D eigenvalue weighted by molar-refractivity contribution is 0.271. The molecule has 1 heterocycles. The quantitative estimate of drug-likeness (QED) is 0.226. The second kappa shape index (κ2) is 13.4. The summed E-state index contributed by atoms with van der Waals surface area (Å²) >= 11 is 0. The Bertz CT molecular complexity index is 673. The number of halogens is 1. The number of unbranched alkanes of at least 4 members (excludes halogenated alkanes) is 1. The molecule has 0 aliphatic rings. The summed E-state index contributed by atoms with van der Waals surface area (Å²) in [5.74, 6) is 2.25. The Kier molecular flexibility index (Phi) is 11.5. The van der Waals surface area contributed by atoms with Gasteiger partial charge >= 0.3 is 0 Å². The average Bonchev–Trinajstić information content (AvgIpc) is 3.19. The summed E-state index contributed by atoms with van der Waals surface area (Å²) in [6.45, 7) is 8.96. The largest absolute Gasteiger partial charge is 0.493 e. The van der Waals surface area contributed by atoms with Crippen LogP contribution in [0.25, 0.3) is 0 Å². The topological polar surface area (TPSA) is 76.4 Å². The van der Waals surface area contributed by atoms with Crippen LogP contribution in [0.2, 0.25) is 0 Å². The second-order valence-electron chi connectivity index (χ2n) is 7.05. The molecule has 28 heavy (non-hydrogen) atoms. The summed E-state index contributed by atoms with van der Waals surface area (Å²) in [6.07, 6.45) is 5.61. The molecule has 2 aromatic rings. The Morgan fingerprint density at radius 2 is 1.79 bits per heavy atom. The highest BCUT2D eigenvalue weighted by atomic mass is 127. The molecule has 0 aliphatic carbocycles. The zero-order valence-corrected chi connectivity index (χ0v) is 19.6. The van der Waals surface area contributed by atoms with Crippen LogP contribution >= 0.6 is 24.0 Å². The lowest BCUT2D eigenvalue weighted by Gasteiger charge is -2.19. The fraction of sp³-hybridized carbons (Fsp3) is 0.550. The third-order valence-electron chi connectivity index (χ3n) is 4.14. The van der Waals surface area contributed by atoms with Crippen LogP contribution in [-0.2, 0) is 6.54 Å². The molecule has 0 fully saturated rings. The minimum atomic E-state index is 0. The Balaban J connectivity index is 0.00000392. The van der Waals surface area contributed by atoms with Gasteiger partial charge < -0.3 is 19.9 Å². The molecule has 156 valence electrons. The van der Waals surface area contributed by atoms with E-state index in [1.165, 1.54) is 5.56 Å². The Morgan fingerprint density at radius 1 is 1.11 bits per heavy atom. The summed E-state index contributed by atoms with van der Waals surface area (Å²) in [6, 6.07) is 8.40. The minimum Gasteiger partial charge on any atom is -0.493 e. The van der Waals surface area contributed by atoms with E-state index >= 15 is 0 Å². The van der Waals surface area contributed by atoms with Crippen LogP contribution in [0.3, 0.4) is 0 Å². The molecule has 0 spiro atoms. The molecule has 1 unspecified atom stereocenters. The van der Waals surface area contributed by atoms with Crippen molar-refractivity contribution >= 4 is 29.9 Å². The van der Waals surface area contributed by atoms with Gasteiger partial charge in [0.2, 0.25) is 0 Å². The van der Waals surface area contributed by atoms with Crippen molar-refractivity contribution in [3.8, 4) is 5.75 Å². The van der Waals surface area contributed by atoms with Gasteiger partial charge in [0.1, 0.15) is 18.4 Å². The van der Waals surface area contributed by atoms with E-state index in [4.69, 9.17) is 4.74 Å². The zero-order valence-electron chi connectivity index (χ0n) is 17.3. The van der Waals surface area contributed by atoms with Gasteiger partial charge in [-0.15, -0.1) is 34.2 Å². The number of hydrogen-bond acceptors (Lipinski definition) is 4. The predicted molar refractivity (Wildman–Crippen MR) is 124 cm³/mol. The summed E-state index contributed by atoms with van der Waals surface area (Å²) in [5.41, 5.74) is 1.20. The van der Waals surface area contributed by atoms with Gasteiger partial charge in [-0.3, -0.25) is 4.99 Å². The first-order valence-corrected chi connectivity index (χ1v) is 9.61.